The number of anilines is 2. The van der Waals surface area contributed by atoms with E-state index >= 15 is 0 Å². The normalized spacial score (nSPS) is 21.0. The zero-order chi connectivity index (χ0) is 16.5. The fraction of sp³-hybridized carbons (Fsp3) is 0.467. The van der Waals surface area contributed by atoms with Crippen LogP contribution in [0.2, 0.25) is 0 Å². The van der Waals surface area contributed by atoms with E-state index in [-0.39, 0.29) is 11.9 Å². The standard InChI is InChI=1S/C15H20BrN3O3/c1-8-12(19-14(21)22-15(2,3)4)13(20)18-11-7-9(16)5-6-10(11)17-8/h5-8,12,17H,1-4H3,(H,18,20)(H,19,21)/t8-,12-/m0/s1. The third-order valence-electron chi connectivity index (χ3n) is 3.08. The van der Waals surface area contributed by atoms with Gasteiger partial charge in [0, 0.05) is 4.47 Å². The number of rotatable bonds is 1. The first-order chi connectivity index (χ1) is 10.2. The molecule has 22 heavy (non-hydrogen) atoms. The summed E-state index contributed by atoms with van der Waals surface area (Å²) in [7, 11) is 0. The monoisotopic (exact) mass is 369 g/mol. The van der Waals surface area contributed by atoms with Gasteiger partial charge in [0.25, 0.3) is 0 Å². The molecule has 1 aliphatic rings. The summed E-state index contributed by atoms with van der Waals surface area (Å²) in [6.07, 6.45) is -0.617. The van der Waals surface area contributed by atoms with Gasteiger partial charge in [0.2, 0.25) is 5.91 Å². The highest BCUT2D eigenvalue weighted by Gasteiger charge is 2.32. The lowest BCUT2D eigenvalue weighted by Gasteiger charge is -2.25. The molecular weight excluding hydrogens is 350 g/mol. The highest BCUT2D eigenvalue weighted by atomic mass is 79.9. The molecule has 0 bridgehead atoms. The summed E-state index contributed by atoms with van der Waals surface area (Å²) >= 11 is 3.37. The number of amides is 2. The van der Waals surface area contributed by atoms with Gasteiger partial charge in [0.1, 0.15) is 11.6 Å². The Labute approximate surface area is 138 Å². The van der Waals surface area contributed by atoms with Crippen molar-refractivity contribution in [1.82, 2.24) is 5.32 Å². The van der Waals surface area contributed by atoms with E-state index in [9.17, 15) is 9.59 Å². The smallest absolute Gasteiger partial charge is 0.408 e. The molecule has 0 aromatic heterocycles. The lowest BCUT2D eigenvalue weighted by atomic mass is 10.1. The topological polar surface area (TPSA) is 79.5 Å². The fourth-order valence-electron chi connectivity index (χ4n) is 2.14. The first-order valence-electron chi connectivity index (χ1n) is 7.02. The molecule has 2 rings (SSSR count). The number of hydrogen-bond donors (Lipinski definition) is 3. The van der Waals surface area contributed by atoms with Gasteiger partial charge in [-0.1, -0.05) is 15.9 Å². The van der Waals surface area contributed by atoms with Crippen molar-refractivity contribution in [2.45, 2.75) is 45.4 Å². The lowest BCUT2D eigenvalue weighted by molar-refractivity contribution is -0.118. The number of alkyl carbamates (subject to hydrolysis) is 1. The van der Waals surface area contributed by atoms with E-state index in [1.54, 1.807) is 20.8 Å². The van der Waals surface area contributed by atoms with Crippen LogP contribution in [0.1, 0.15) is 27.7 Å². The number of hydrogen-bond acceptors (Lipinski definition) is 4. The molecule has 3 N–H and O–H groups in total. The van der Waals surface area contributed by atoms with E-state index in [2.05, 4.69) is 31.9 Å². The van der Waals surface area contributed by atoms with E-state index in [0.717, 1.165) is 10.2 Å². The molecule has 1 aromatic rings. The van der Waals surface area contributed by atoms with Gasteiger partial charge >= 0.3 is 6.09 Å². The van der Waals surface area contributed by atoms with Gasteiger partial charge in [-0.05, 0) is 45.9 Å². The molecular formula is C15H20BrN3O3. The van der Waals surface area contributed by atoms with Crippen LogP contribution < -0.4 is 16.0 Å². The first-order valence-corrected chi connectivity index (χ1v) is 7.81. The average molecular weight is 370 g/mol. The number of halogens is 1. The minimum absolute atomic E-state index is 0.282. The Kier molecular flexibility index (Phi) is 4.65. The predicted octanol–water partition coefficient (Wildman–Crippen LogP) is 3.09. The van der Waals surface area contributed by atoms with Crippen LogP contribution >= 0.6 is 15.9 Å². The Hall–Kier alpha value is -1.76. The Balaban J connectivity index is 2.15. The van der Waals surface area contributed by atoms with E-state index in [4.69, 9.17) is 4.74 Å². The van der Waals surface area contributed by atoms with Crippen LogP contribution in [0.15, 0.2) is 22.7 Å². The highest BCUT2D eigenvalue weighted by Crippen LogP contribution is 2.29. The zero-order valence-corrected chi connectivity index (χ0v) is 14.6. The average Bonchev–Trinajstić information content (AvgIpc) is 2.46. The highest BCUT2D eigenvalue weighted by molar-refractivity contribution is 9.10. The van der Waals surface area contributed by atoms with Crippen molar-refractivity contribution < 1.29 is 14.3 Å². The quantitative estimate of drug-likeness (QED) is 0.710. The van der Waals surface area contributed by atoms with Crippen molar-refractivity contribution in [3.8, 4) is 0 Å². The predicted molar refractivity (Wildman–Crippen MR) is 89.0 cm³/mol. The minimum Gasteiger partial charge on any atom is -0.444 e. The zero-order valence-electron chi connectivity index (χ0n) is 13.0. The molecule has 0 radical (unpaired) electrons. The number of ether oxygens (including phenoxy) is 1. The second kappa shape index (κ2) is 6.16. The molecule has 1 aromatic carbocycles. The first kappa shape index (κ1) is 16.6. The van der Waals surface area contributed by atoms with Crippen molar-refractivity contribution in [2.24, 2.45) is 0 Å². The minimum atomic E-state index is -0.735. The summed E-state index contributed by atoms with van der Waals surface area (Å²) in [5, 5.41) is 8.65. The summed E-state index contributed by atoms with van der Waals surface area (Å²) in [6.45, 7) is 7.15. The Morgan fingerprint density at radius 1 is 1.32 bits per heavy atom. The molecule has 0 saturated heterocycles. The van der Waals surface area contributed by atoms with Gasteiger partial charge in [-0.15, -0.1) is 0 Å². The van der Waals surface area contributed by atoms with Gasteiger partial charge < -0.3 is 20.7 Å². The van der Waals surface area contributed by atoms with Gasteiger partial charge in [0.05, 0.1) is 17.4 Å². The molecule has 2 atom stereocenters. The molecule has 0 saturated carbocycles. The van der Waals surface area contributed by atoms with Crippen LogP contribution in [0, 0.1) is 0 Å². The summed E-state index contributed by atoms with van der Waals surface area (Å²) in [5.74, 6) is -0.289. The van der Waals surface area contributed by atoms with Crippen molar-refractivity contribution in [3.05, 3.63) is 22.7 Å². The molecule has 0 fully saturated rings. The number of carbonyl (C=O) groups excluding carboxylic acids is 2. The molecule has 0 spiro atoms. The number of fused-ring (bicyclic) bond motifs is 1. The van der Waals surface area contributed by atoms with E-state index in [0.29, 0.717) is 5.69 Å². The molecule has 0 unspecified atom stereocenters. The Morgan fingerprint density at radius 2 is 2.00 bits per heavy atom. The molecule has 1 heterocycles. The largest absolute Gasteiger partial charge is 0.444 e. The summed E-state index contributed by atoms with van der Waals surface area (Å²) in [5.41, 5.74) is 0.854. The summed E-state index contributed by atoms with van der Waals surface area (Å²) < 4.78 is 6.07. The van der Waals surface area contributed by atoms with E-state index < -0.39 is 17.7 Å². The van der Waals surface area contributed by atoms with Crippen molar-refractivity contribution >= 4 is 39.3 Å². The van der Waals surface area contributed by atoms with Crippen molar-refractivity contribution in [3.63, 3.8) is 0 Å². The Morgan fingerprint density at radius 3 is 2.64 bits per heavy atom. The van der Waals surface area contributed by atoms with Crippen LogP contribution in [0.4, 0.5) is 16.2 Å². The third kappa shape index (κ3) is 4.13. The van der Waals surface area contributed by atoms with E-state index in [1.807, 2.05) is 25.1 Å². The maximum atomic E-state index is 12.4. The van der Waals surface area contributed by atoms with Gasteiger partial charge in [-0.2, -0.15) is 0 Å². The van der Waals surface area contributed by atoms with Gasteiger partial charge in [0.15, 0.2) is 0 Å². The second-order valence-electron chi connectivity index (χ2n) is 6.24. The summed E-state index contributed by atoms with van der Waals surface area (Å²) in [6, 6.07) is 4.54. The molecule has 0 aliphatic carbocycles. The van der Waals surface area contributed by atoms with Crippen LogP contribution in [-0.2, 0) is 9.53 Å². The second-order valence-corrected chi connectivity index (χ2v) is 7.15. The fourth-order valence-corrected chi connectivity index (χ4v) is 2.50. The third-order valence-corrected chi connectivity index (χ3v) is 3.57. The van der Waals surface area contributed by atoms with E-state index in [1.165, 1.54) is 0 Å². The summed E-state index contributed by atoms with van der Waals surface area (Å²) in [4.78, 5) is 24.3. The number of carbonyl (C=O) groups is 2. The lowest BCUT2D eigenvalue weighted by Crippen LogP contribution is -2.52. The van der Waals surface area contributed by atoms with Crippen LogP contribution in [0.25, 0.3) is 0 Å². The SMILES string of the molecule is C[C@@H]1Nc2ccc(Br)cc2NC(=O)[C@H]1NC(=O)OC(C)(C)C. The molecule has 7 heteroatoms. The van der Waals surface area contributed by atoms with Gasteiger partial charge in [-0.3, -0.25) is 4.79 Å². The van der Waals surface area contributed by atoms with Crippen molar-refractivity contribution in [1.29, 1.82) is 0 Å². The Bertz CT molecular complexity index is 598. The van der Waals surface area contributed by atoms with Gasteiger partial charge in [-0.25, -0.2) is 4.79 Å². The van der Waals surface area contributed by atoms with Crippen molar-refractivity contribution in [2.75, 3.05) is 10.6 Å². The maximum absolute atomic E-state index is 12.4. The van der Waals surface area contributed by atoms with Crippen LogP contribution in [0.3, 0.4) is 0 Å². The molecule has 120 valence electrons. The molecule has 1 aliphatic heterocycles. The van der Waals surface area contributed by atoms with Crippen LogP contribution in [-0.4, -0.2) is 29.7 Å². The maximum Gasteiger partial charge on any atom is 0.408 e. The molecule has 6 nitrogen and oxygen atoms in total. The number of benzene rings is 1. The molecule has 2 amide bonds. The number of nitrogens with one attached hydrogen (secondary N) is 3. The van der Waals surface area contributed by atoms with Crippen LogP contribution in [0.5, 0.6) is 0 Å².